The summed E-state index contributed by atoms with van der Waals surface area (Å²) in [6.07, 6.45) is 5.02. The van der Waals surface area contributed by atoms with Gasteiger partial charge in [0.1, 0.15) is 6.33 Å². The Balaban J connectivity index is 1.68. The molecule has 12 heteroatoms. The van der Waals surface area contributed by atoms with Crippen molar-refractivity contribution >= 4 is 30.3 Å². The van der Waals surface area contributed by atoms with Gasteiger partial charge in [-0.15, -0.1) is 10.2 Å². The number of nitrogens with zero attached hydrogens (tertiary/aromatic N) is 5. The minimum absolute atomic E-state index is 0.255. The summed E-state index contributed by atoms with van der Waals surface area (Å²) >= 11 is 0. The second kappa shape index (κ2) is 12.6. The number of aromatic nitrogens is 3. The lowest BCUT2D eigenvalue weighted by atomic mass is 10.2. The number of esters is 2. The molecule has 0 amide bonds. The number of nitrogens with one attached hydrogen (secondary N) is 1. The number of rotatable bonds is 11. The first-order valence-corrected chi connectivity index (χ1v) is 11.0. The maximum Gasteiger partial charge on any atom is 0.311 e. The van der Waals surface area contributed by atoms with Gasteiger partial charge in [-0.25, -0.2) is 5.43 Å². The standard InChI is InChI=1S/C24H26N6O6/c1-5-22(31)35-18-9-7-16(11-20(18)33-3)13-25-28-24-29-26-15-30(24)27-14-17-8-10-19(21(12-17)34-4)36-23(32)6-2/h7-15H,5-6H2,1-4H3,(H,28,29)/b25-13?,27-14+. The number of anilines is 1. The molecule has 0 unspecified atom stereocenters. The highest BCUT2D eigenvalue weighted by Crippen LogP contribution is 2.29. The van der Waals surface area contributed by atoms with Crippen molar-refractivity contribution in [3.8, 4) is 23.0 Å². The van der Waals surface area contributed by atoms with E-state index in [0.29, 0.717) is 34.1 Å². The van der Waals surface area contributed by atoms with Gasteiger partial charge in [0.25, 0.3) is 5.95 Å². The van der Waals surface area contributed by atoms with Crippen LogP contribution in [0.25, 0.3) is 0 Å². The number of carbonyl (C=O) groups excluding carboxylic acids is 2. The Kier molecular flexibility index (Phi) is 9.09. The monoisotopic (exact) mass is 494 g/mol. The second-order valence-electron chi connectivity index (χ2n) is 7.09. The van der Waals surface area contributed by atoms with Crippen LogP contribution in [0.1, 0.15) is 37.8 Å². The molecule has 0 saturated carbocycles. The topological polar surface area (TPSA) is 139 Å². The second-order valence-corrected chi connectivity index (χ2v) is 7.09. The van der Waals surface area contributed by atoms with Crippen molar-refractivity contribution in [1.82, 2.24) is 14.9 Å². The fourth-order valence-electron chi connectivity index (χ4n) is 2.77. The Labute approximate surface area is 207 Å². The minimum Gasteiger partial charge on any atom is -0.493 e. The summed E-state index contributed by atoms with van der Waals surface area (Å²) in [4.78, 5) is 23.1. The Morgan fingerprint density at radius 1 is 0.889 bits per heavy atom. The highest BCUT2D eigenvalue weighted by Gasteiger charge is 2.10. The third-order valence-electron chi connectivity index (χ3n) is 4.64. The van der Waals surface area contributed by atoms with Crippen LogP contribution in [0.5, 0.6) is 23.0 Å². The fourth-order valence-corrected chi connectivity index (χ4v) is 2.77. The van der Waals surface area contributed by atoms with Crippen LogP contribution in [0, 0.1) is 0 Å². The van der Waals surface area contributed by atoms with Crippen LogP contribution in [0.3, 0.4) is 0 Å². The van der Waals surface area contributed by atoms with E-state index >= 15 is 0 Å². The van der Waals surface area contributed by atoms with E-state index < -0.39 is 0 Å². The average molecular weight is 495 g/mol. The van der Waals surface area contributed by atoms with Crippen molar-refractivity contribution in [1.29, 1.82) is 0 Å². The van der Waals surface area contributed by atoms with Gasteiger partial charge in [-0.1, -0.05) is 13.8 Å². The van der Waals surface area contributed by atoms with Crippen molar-refractivity contribution < 1.29 is 28.5 Å². The molecule has 0 spiro atoms. The Bertz CT molecular complexity index is 1270. The Morgan fingerprint density at radius 2 is 1.44 bits per heavy atom. The largest absolute Gasteiger partial charge is 0.493 e. The van der Waals surface area contributed by atoms with Crippen LogP contribution in [0.4, 0.5) is 5.95 Å². The lowest BCUT2D eigenvalue weighted by Gasteiger charge is -2.09. The summed E-state index contributed by atoms with van der Waals surface area (Å²) in [5.41, 5.74) is 4.16. The van der Waals surface area contributed by atoms with Gasteiger partial charge >= 0.3 is 11.9 Å². The van der Waals surface area contributed by atoms with Gasteiger partial charge in [-0.3, -0.25) is 9.59 Å². The predicted molar refractivity (Wildman–Crippen MR) is 132 cm³/mol. The number of hydrogen-bond donors (Lipinski definition) is 1. The van der Waals surface area contributed by atoms with E-state index in [0.717, 1.165) is 0 Å². The van der Waals surface area contributed by atoms with Crippen LogP contribution in [0.15, 0.2) is 52.9 Å². The van der Waals surface area contributed by atoms with Gasteiger partial charge < -0.3 is 18.9 Å². The summed E-state index contributed by atoms with van der Waals surface area (Å²) in [7, 11) is 2.97. The molecule has 36 heavy (non-hydrogen) atoms. The van der Waals surface area contributed by atoms with Crippen molar-refractivity contribution in [3.05, 3.63) is 53.9 Å². The summed E-state index contributed by atoms with van der Waals surface area (Å²) in [5.74, 6) is 1.02. The van der Waals surface area contributed by atoms with Crippen LogP contribution in [-0.4, -0.2) is 53.5 Å². The number of hydrogen-bond acceptors (Lipinski definition) is 11. The summed E-state index contributed by atoms with van der Waals surface area (Å²) in [5, 5.41) is 16.3. The first-order chi connectivity index (χ1) is 17.5. The Hall–Kier alpha value is -4.74. The van der Waals surface area contributed by atoms with Crippen LogP contribution in [0.2, 0.25) is 0 Å². The predicted octanol–water partition coefficient (Wildman–Crippen LogP) is 3.25. The van der Waals surface area contributed by atoms with Crippen LogP contribution in [-0.2, 0) is 9.59 Å². The summed E-state index contributed by atoms with van der Waals surface area (Å²) in [6.45, 7) is 3.42. The molecule has 1 aromatic heterocycles. The van der Waals surface area contributed by atoms with E-state index in [1.54, 1.807) is 56.5 Å². The van der Waals surface area contributed by atoms with Gasteiger partial charge in [0.05, 0.1) is 26.6 Å². The molecule has 3 aromatic rings. The number of methoxy groups -OCH3 is 2. The molecule has 12 nitrogen and oxygen atoms in total. The summed E-state index contributed by atoms with van der Waals surface area (Å²) < 4.78 is 22.5. The zero-order valence-corrected chi connectivity index (χ0v) is 20.3. The molecule has 2 aromatic carbocycles. The van der Waals surface area contributed by atoms with Gasteiger partial charge in [0, 0.05) is 12.8 Å². The quantitative estimate of drug-likeness (QED) is 0.184. The molecule has 0 aliphatic rings. The molecular weight excluding hydrogens is 468 g/mol. The third-order valence-corrected chi connectivity index (χ3v) is 4.64. The zero-order valence-electron chi connectivity index (χ0n) is 20.3. The number of ether oxygens (including phenoxy) is 4. The minimum atomic E-state index is -0.357. The molecule has 0 aliphatic carbocycles. The average Bonchev–Trinajstić information content (AvgIpc) is 3.35. The first-order valence-electron chi connectivity index (χ1n) is 11.0. The van der Waals surface area contributed by atoms with Crippen molar-refractivity contribution in [2.75, 3.05) is 19.6 Å². The molecule has 0 atom stereocenters. The molecule has 1 N–H and O–H groups in total. The number of benzene rings is 2. The van der Waals surface area contributed by atoms with E-state index in [4.69, 9.17) is 18.9 Å². The normalized spacial score (nSPS) is 11.0. The lowest BCUT2D eigenvalue weighted by Crippen LogP contribution is -2.07. The van der Waals surface area contributed by atoms with Crippen LogP contribution >= 0.6 is 0 Å². The molecule has 1 heterocycles. The number of carbonyl (C=O) groups is 2. The maximum atomic E-state index is 11.6. The van der Waals surface area contributed by atoms with E-state index in [2.05, 4.69) is 25.8 Å². The smallest absolute Gasteiger partial charge is 0.311 e. The molecular formula is C24H26N6O6. The fraction of sp³-hybridized carbons (Fsp3) is 0.250. The van der Waals surface area contributed by atoms with Gasteiger partial charge in [-0.2, -0.15) is 14.9 Å². The third kappa shape index (κ3) is 6.88. The molecule has 188 valence electrons. The molecule has 0 fully saturated rings. The molecule has 0 aliphatic heterocycles. The highest BCUT2D eigenvalue weighted by atomic mass is 16.6. The van der Waals surface area contributed by atoms with Crippen molar-refractivity contribution in [2.24, 2.45) is 10.2 Å². The first kappa shape index (κ1) is 25.9. The zero-order chi connectivity index (χ0) is 25.9. The van der Waals surface area contributed by atoms with Crippen molar-refractivity contribution in [2.45, 2.75) is 26.7 Å². The lowest BCUT2D eigenvalue weighted by molar-refractivity contribution is -0.135. The Morgan fingerprint density at radius 3 is 1.97 bits per heavy atom. The summed E-state index contributed by atoms with van der Waals surface area (Å²) in [6, 6.07) is 10.1. The van der Waals surface area contributed by atoms with Crippen LogP contribution < -0.4 is 24.4 Å². The SMILES string of the molecule is CCC(=O)Oc1ccc(C=NNc2nncn2/N=C/c2ccc(OC(=O)CC)c(OC)c2)cc1OC. The van der Waals surface area contributed by atoms with E-state index in [-0.39, 0.29) is 30.7 Å². The highest BCUT2D eigenvalue weighted by molar-refractivity contribution is 5.83. The van der Waals surface area contributed by atoms with E-state index in [1.807, 2.05) is 0 Å². The number of hydrazone groups is 1. The molecule has 0 bridgehead atoms. The maximum absolute atomic E-state index is 11.6. The molecule has 0 saturated heterocycles. The molecule has 3 rings (SSSR count). The van der Waals surface area contributed by atoms with Gasteiger partial charge in [0.2, 0.25) is 0 Å². The van der Waals surface area contributed by atoms with Gasteiger partial charge in [-0.05, 0) is 47.5 Å². The molecule has 0 radical (unpaired) electrons. The van der Waals surface area contributed by atoms with E-state index in [1.165, 1.54) is 31.4 Å². The van der Waals surface area contributed by atoms with Gasteiger partial charge in [0.15, 0.2) is 23.0 Å². The van der Waals surface area contributed by atoms with Crippen molar-refractivity contribution in [3.63, 3.8) is 0 Å². The van der Waals surface area contributed by atoms with E-state index in [9.17, 15) is 9.59 Å².